The largest absolute Gasteiger partial charge is 0.402 e. The lowest BCUT2D eigenvalue weighted by Crippen LogP contribution is -2.00. The van der Waals surface area contributed by atoms with Gasteiger partial charge in [-0.05, 0) is 64.4 Å². The van der Waals surface area contributed by atoms with Crippen molar-refractivity contribution in [2.45, 2.75) is 79.6 Å². The zero-order chi connectivity index (χ0) is 18.2. The Labute approximate surface area is 151 Å². The van der Waals surface area contributed by atoms with Gasteiger partial charge < -0.3 is 5.73 Å². The summed E-state index contributed by atoms with van der Waals surface area (Å²) in [4.78, 5) is 0. The summed E-state index contributed by atoms with van der Waals surface area (Å²) in [5, 5.41) is 0. The van der Waals surface area contributed by atoms with Crippen LogP contribution < -0.4 is 5.73 Å². The van der Waals surface area contributed by atoms with Crippen LogP contribution in [0.1, 0.15) is 79.6 Å². The van der Waals surface area contributed by atoms with Gasteiger partial charge in [0, 0.05) is 5.70 Å². The van der Waals surface area contributed by atoms with Crippen molar-refractivity contribution < 1.29 is 0 Å². The standard InChI is InChI=1S/C23H39N/c1-6-10-11-16-22(18-20(5)14-7-2)19-21(8-3)15-12-13-17-23(24)9-4/h8,11-14,16-17,22H,6-7,9-10,15,18-19,24H2,1-5H3/b13-12-,16-11+,20-14-,21-8+,23-17-. The van der Waals surface area contributed by atoms with Crippen molar-refractivity contribution >= 4 is 0 Å². The highest BCUT2D eigenvalue weighted by molar-refractivity contribution is 5.15. The molecule has 0 aromatic carbocycles. The van der Waals surface area contributed by atoms with Gasteiger partial charge in [0.15, 0.2) is 0 Å². The summed E-state index contributed by atoms with van der Waals surface area (Å²) in [5.41, 5.74) is 9.79. The van der Waals surface area contributed by atoms with E-state index in [1.54, 1.807) is 0 Å². The number of hydrogen-bond donors (Lipinski definition) is 1. The Morgan fingerprint density at radius 2 is 1.83 bits per heavy atom. The Balaban J connectivity index is 4.79. The van der Waals surface area contributed by atoms with Crippen LogP contribution in [0, 0.1) is 5.92 Å². The summed E-state index contributed by atoms with van der Waals surface area (Å²) < 4.78 is 0. The Morgan fingerprint density at radius 1 is 1.08 bits per heavy atom. The molecule has 0 radical (unpaired) electrons. The lowest BCUT2D eigenvalue weighted by Gasteiger charge is -2.15. The average Bonchev–Trinajstić information content (AvgIpc) is 2.57. The van der Waals surface area contributed by atoms with Crippen LogP contribution in [0.15, 0.2) is 59.4 Å². The van der Waals surface area contributed by atoms with Gasteiger partial charge >= 0.3 is 0 Å². The molecule has 0 saturated heterocycles. The Hall–Kier alpha value is -1.50. The zero-order valence-corrected chi connectivity index (χ0v) is 16.6. The first-order valence-corrected chi connectivity index (χ1v) is 9.64. The van der Waals surface area contributed by atoms with Gasteiger partial charge in [-0.15, -0.1) is 0 Å². The minimum atomic E-state index is 0.607. The SMILES string of the molecule is C/C=C(\C/C=C\C=C(/N)CC)CC(/C=C/CCC)C/C(C)=C\CC. The molecule has 2 N–H and O–H groups in total. The molecule has 0 amide bonds. The van der Waals surface area contributed by atoms with Crippen molar-refractivity contribution in [2.24, 2.45) is 11.7 Å². The summed E-state index contributed by atoms with van der Waals surface area (Å²) in [6, 6.07) is 0. The van der Waals surface area contributed by atoms with E-state index in [-0.39, 0.29) is 0 Å². The molecule has 0 saturated carbocycles. The van der Waals surface area contributed by atoms with Gasteiger partial charge in [0.25, 0.3) is 0 Å². The molecule has 0 aliphatic rings. The molecule has 0 spiro atoms. The maximum Gasteiger partial charge on any atom is 0.00775 e. The van der Waals surface area contributed by atoms with Gasteiger partial charge in [-0.25, -0.2) is 0 Å². The Bertz CT molecular complexity index is 460. The highest BCUT2D eigenvalue weighted by Gasteiger charge is 2.08. The second-order valence-electron chi connectivity index (χ2n) is 6.52. The molecular weight excluding hydrogens is 290 g/mol. The van der Waals surface area contributed by atoms with E-state index in [1.807, 2.05) is 6.08 Å². The van der Waals surface area contributed by atoms with Gasteiger partial charge in [0.2, 0.25) is 0 Å². The van der Waals surface area contributed by atoms with Gasteiger partial charge in [0.05, 0.1) is 0 Å². The molecule has 24 heavy (non-hydrogen) atoms. The van der Waals surface area contributed by atoms with Gasteiger partial charge in [-0.3, -0.25) is 0 Å². The first-order valence-electron chi connectivity index (χ1n) is 9.64. The zero-order valence-electron chi connectivity index (χ0n) is 16.6. The molecule has 0 aromatic rings. The van der Waals surface area contributed by atoms with E-state index in [0.29, 0.717) is 5.92 Å². The summed E-state index contributed by atoms with van der Waals surface area (Å²) in [6.07, 6.45) is 23.5. The molecule has 0 bridgehead atoms. The van der Waals surface area contributed by atoms with E-state index in [0.717, 1.165) is 37.8 Å². The van der Waals surface area contributed by atoms with Crippen molar-refractivity contribution in [3.05, 3.63) is 59.4 Å². The molecule has 0 aliphatic carbocycles. The van der Waals surface area contributed by atoms with Crippen LogP contribution >= 0.6 is 0 Å². The van der Waals surface area contributed by atoms with Crippen LogP contribution in [0.2, 0.25) is 0 Å². The van der Waals surface area contributed by atoms with E-state index in [9.17, 15) is 0 Å². The predicted octanol–water partition coefficient (Wildman–Crippen LogP) is 7.24. The predicted molar refractivity (Wildman–Crippen MR) is 111 cm³/mol. The smallest absolute Gasteiger partial charge is 0.00775 e. The number of nitrogens with two attached hydrogens (primary N) is 1. The molecule has 1 unspecified atom stereocenters. The topological polar surface area (TPSA) is 26.0 Å². The highest BCUT2D eigenvalue weighted by Crippen LogP contribution is 2.24. The number of rotatable bonds is 12. The molecule has 0 aliphatic heterocycles. The fourth-order valence-corrected chi connectivity index (χ4v) is 2.69. The molecular formula is C23H39N. The summed E-state index contributed by atoms with van der Waals surface area (Å²) in [6.45, 7) is 10.9. The second kappa shape index (κ2) is 15.1. The fourth-order valence-electron chi connectivity index (χ4n) is 2.69. The molecule has 136 valence electrons. The minimum Gasteiger partial charge on any atom is -0.402 e. The molecule has 1 nitrogen and oxygen atoms in total. The van der Waals surface area contributed by atoms with Crippen molar-refractivity contribution in [2.75, 3.05) is 0 Å². The van der Waals surface area contributed by atoms with Crippen molar-refractivity contribution in [3.63, 3.8) is 0 Å². The van der Waals surface area contributed by atoms with E-state index in [1.165, 1.54) is 24.0 Å². The van der Waals surface area contributed by atoms with Crippen molar-refractivity contribution in [3.8, 4) is 0 Å². The number of allylic oxidation sites excluding steroid dienone is 10. The van der Waals surface area contributed by atoms with Crippen LogP contribution in [0.25, 0.3) is 0 Å². The van der Waals surface area contributed by atoms with Crippen LogP contribution in [0.4, 0.5) is 0 Å². The molecule has 0 heterocycles. The molecule has 0 rings (SSSR count). The van der Waals surface area contributed by atoms with Crippen LogP contribution in [-0.2, 0) is 0 Å². The van der Waals surface area contributed by atoms with E-state index in [2.05, 4.69) is 71.1 Å². The molecule has 0 fully saturated rings. The summed E-state index contributed by atoms with van der Waals surface area (Å²) in [7, 11) is 0. The highest BCUT2D eigenvalue weighted by atomic mass is 14.6. The van der Waals surface area contributed by atoms with Crippen LogP contribution in [0.5, 0.6) is 0 Å². The first kappa shape index (κ1) is 22.5. The van der Waals surface area contributed by atoms with Crippen LogP contribution in [-0.4, -0.2) is 0 Å². The van der Waals surface area contributed by atoms with Crippen molar-refractivity contribution in [1.82, 2.24) is 0 Å². The molecule has 0 aromatic heterocycles. The quantitative estimate of drug-likeness (QED) is 0.296. The van der Waals surface area contributed by atoms with Crippen LogP contribution in [0.3, 0.4) is 0 Å². The first-order chi connectivity index (χ1) is 11.6. The maximum absolute atomic E-state index is 5.83. The molecule has 1 heteroatoms. The maximum atomic E-state index is 5.83. The second-order valence-corrected chi connectivity index (χ2v) is 6.52. The summed E-state index contributed by atoms with van der Waals surface area (Å²) in [5.74, 6) is 0.607. The normalized spacial score (nSPS) is 15.6. The third-order valence-corrected chi connectivity index (χ3v) is 4.17. The van der Waals surface area contributed by atoms with E-state index >= 15 is 0 Å². The lowest BCUT2D eigenvalue weighted by atomic mass is 9.90. The van der Waals surface area contributed by atoms with Gasteiger partial charge in [-0.1, -0.05) is 74.8 Å². The van der Waals surface area contributed by atoms with E-state index in [4.69, 9.17) is 5.73 Å². The van der Waals surface area contributed by atoms with E-state index < -0.39 is 0 Å². The molecule has 1 atom stereocenters. The Morgan fingerprint density at radius 3 is 2.42 bits per heavy atom. The van der Waals surface area contributed by atoms with Gasteiger partial charge in [0.1, 0.15) is 0 Å². The average molecular weight is 330 g/mol. The lowest BCUT2D eigenvalue weighted by molar-refractivity contribution is 0.624. The Kier molecular flexibility index (Phi) is 14.1. The van der Waals surface area contributed by atoms with Crippen molar-refractivity contribution in [1.29, 1.82) is 0 Å². The van der Waals surface area contributed by atoms with Gasteiger partial charge in [-0.2, -0.15) is 0 Å². The monoisotopic (exact) mass is 329 g/mol. The minimum absolute atomic E-state index is 0.607. The number of hydrogen-bond acceptors (Lipinski definition) is 1. The third-order valence-electron chi connectivity index (χ3n) is 4.17. The fraction of sp³-hybridized carbons (Fsp3) is 0.565. The third kappa shape index (κ3) is 12.0. The number of unbranched alkanes of at least 4 members (excludes halogenated alkanes) is 1. The summed E-state index contributed by atoms with van der Waals surface area (Å²) >= 11 is 0.